The first kappa shape index (κ1) is 21.1. The first-order valence-corrected chi connectivity index (χ1v) is 10.8. The summed E-state index contributed by atoms with van der Waals surface area (Å²) in [4.78, 5) is 24.5. The van der Waals surface area contributed by atoms with E-state index in [4.69, 9.17) is 4.74 Å². The van der Waals surface area contributed by atoms with E-state index in [0.717, 1.165) is 18.7 Å². The fourth-order valence-corrected chi connectivity index (χ4v) is 4.23. The quantitative estimate of drug-likeness (QED) is 0.525. The molecule has 1 N–H and O–H groups in total. The van der Waals surface area contributed by atoms with Gasteiger partial charge in [-0.2, -0.15) is 0 Å². The van der Waals surface area contributed by atoms with Gasteiger partial charge in [-0.3, -0.25) is 14.9 Å². The third kappa shape index (κ3) is 5.47. The van der Waals surface area contributed by atoms with Gasteiger partial charge in [0.15, 0.2) is 5.16 Å². The van der Waals surface area contributed by atoms with Gasteiger partial charge in [0.25, 0.3) is 5.91 Å². The molecule has 1 heterocycles. The van der Waals surface area contributed by atoms with Gasteiger partial charge in [-0.25, -0.2) is 0 Å². The molecule has 0 bridgehead atoms. The van der Waals surface area contributed by atoms with E-state index in [-0.39, 0.29) is 11.7 Å². The molecule has 8 heteroatoms. The molecule has 0 spiro atoms. The van der Waals surface area contributed by atoms with Crippen LogP contribution in [-0.2, 0) is 11.3 Å². The largest absolute Gasteiger partial charge is 0.497 e. The van der Waals surface area contributed by atoms with Crippen LogP contribution in [-0.4, -0.2) is 39.4 Å². The number of aromatic nitrogens is 3. The van der Waals surface area contributed by atoms with Crippen LogP contribution in [0.3, 0.4) is 0 Å². The van der Waals surface area contributed by atoms with Crippen LogP contribution >= 0.6 is 11.8 Å². The van der Waals surface area contributed by atoms with Crippen LogP contribution in [0.25, 0.3) is 0 Å². The Hall–Kier alpha value is -2.61. The number of hydrogen-bond donors (Lipinski definition) is 1. The predicted molar refractivity (Wildman–Crippen MR) is 112 cm³/mol. The topological polar surface area (TPSA) is 86.1 Å². The second-order valence-electron chi connectivity index (χ2n) is 6.97. The van der Waals surface area contributed by atoms with E-state index in [1.165, 1.54) is 31.0 Å². The van der Waals surface area contributed by atoms with Crippen molar-refractivity contribution in [1.82, 2.24) is 20.1 Å². The number of methoxy groups -OCH3 is 1. The molecule has 0 saturated heterocycles. The van der Waals surface area contributed by atoms with Gasteiger partial charge in [-0.1, -0.05) is 37.1 Å². The lowest BCUT2D eigenvalue weighted by atomic mass is 9.89. The van der Waals surface area contributed by atoms with E-state index >= 15 is 0 Å². The number of allylic oxidation sites excluding steroid dienone is 1. The molecule has 1 aromatic heterocycles. The summed E-state index contributed by atoms with van der Waals surface area (Å²) in [5, 5.41) is 11.8. The van der Waals surface area contributed by atoms with Crippen LogP contribution < -0.4 is 10.1 Å². The third-order valence-electron chi connectivity index (χ3n) is 4.96. The van der Waals surface area contributed by atoms with Gasteiger partial charge in [-0.15, -0.1) is 16.8 Å². The fraction of sp³-hybridized carbons (Fsp3) is 0.429. The van der Waals surface area contributed by atoms with Gasteiger partial charge in [0.1, 0.15) is 11.6 Å². The molecule has 2 aromatic rings. The highest BCUT2D eigenvalue weighted by Gasteiger charge is 2.23. The number of carbonyl (C=O) groups is 2. The van der Waals surface area contributed by atoms with E-state index in [9.17, 15) is 9.59 Å². The lowest BCUT2D eigenvalue weighted by molar-refractivity contribution is -0.117. The summed E-state index contributed by atoms with van der Waals surface area (Å²) in [6, 6.07) is 6.59. The summed E-state index contributed by atoms with van der Waals surface area (Å²) in [7, 11) is 1.56. The number of hydrogen-bond acceptors (Lipinski definition) is 6. The maximum absolute atomic E-state index is 12.2. The minimum Gasteiger partial charge on any atom is -0.497 e. The highest BCUT2D eigenvalue weighted by molar-refractivity contribution is 7.99. The molecule has 3 rings (SSSR count). The Balaban J connectivity index is 1.59. The van der Waals surface area contributed by atoms with Crippen molar-refractivity contribution < 1.29 is 14.3 Å². The first-order valence-electron chi connectivity index (χ1n) is 9.77. The molecule has 29 heavy (non-hydrogen) atoms. The molecule has 7 nitrogen and oxygen atoms in total. The van der Waals surface area contributed by atoms with Crippen molar-refractivity contribution in [1.29, 1.82) is 0 Å². The SMILES string of the molecule is C=CCn1c(SCC(=O)NC(=O)c2ccc(OC)cc2)nnc1C1CCCCC1. The predicted octanol–water partition coefficient (Wildman–Crippen LogP) is 3.57. The Morgan fingerprint density at radius 3 is 2.62 bits per heavy atom. The van der Waals surface area contributed by atoms with Gasteiger partial charge in [0, 0.05) is 18.0 Å². The summed E-state index contributed by atoms with van der Waals surface area (Å²) in [5.41, 5.74) is 0.401. The van der Waals surface area contributed by atoms with E-state index in [1.54, 1.807) is 31.4 Å². The van der Waals surface area contributed by atoms with E-state index < -0.39 is 5.91 Å². The molecule has 0 unspecified atom stereocenters. The molecular weight excluding hydrogens is 388 g/mol. The molecule has 0 radical (unpaired) electrons. The molecule has 1 aliphatic rings. The Bertz CT molecular complexity index is 857. The number of thioether (sulfide) groups is 1. The summed E-state index contributed by atoms with van der Waals surface area (Å²) in [6.07, 6.45) is 7.75. The maximum atomic E-state index is 12.2. The molecule has 0 atom stereocenters. The van der Waals surface area contributed by atoms with Crippen molar-refractivity contribution in [2.75, 3.05) is 12.9 Å². The Kier molecular flexibility index (Phi) is 7.46. The number of nitrogens with zero attached hydrogens (tertiary/aromatic N) is 3. The fourth-order valence-electron chi connectivity index (χ4n) is 3.48. The van der Waals surface area contributed by atoms with Gasteiger partial charge in [0.05, 0.1) is 12.9 Å². The van der Waals surface area contributed by atoms with E-state index in [2.05, 4.69) is 22.1 Å². The van der Waals surface area contributed by atoms with Gasteiger partial charge in [0.2, 0.25) is 5.91 Å². The second-order valence-corrected chi connectivity index (χ2v) is 7.91. The second kappa shape index (κ2) is 10.2. The van der Waals surface area contributed by atoms with E-state index in [0.29, 0.717) is 28.9 Å². The lowest BCUT2D eigenvalue weighted by Crippen LogP contribution is -2.31. The average molecular weight is 415 g/mol. The smallest absolute Gasteiger partial charge is 0.257 e. The van der Waals surface area contributed by atoms with Gasteiger partial charge in [-0.05, 0) is 37.1 Å². The number of nitrogens with one attached hydrogen (secondary N) is 1. The number of amides is 2. The highest BCUT2D eigenvalue weighted by atomic mass is 32.2. The molecule has 2 amide bonds. The molecular formula is C21H26N4O3S. The summed E-state index contributed by atoms with van der Waals surface area (Å²) in [6.45, 7) is 4.43. The average Bonchev–Trinajstić information content (AvgIpc) is 3.16. The minimum atomic E-state index is -0.436. The van der Waals surface area contributed by atoms with Crippen molar-refractivity contribution in [3.63, 3.8) is 0 Å². The monoisotopic (exact) mass is 414 g/mol. The number of imide groups is 1. The molecule has 1 fully saturated rings. The van der Waals surface area contributed by atoms with Crippen LogP contribution in [0.2, 0.25) is 0 Å². The number of carbonyl (C=O) groups excluding carboxylic acids is 2. The van der Waals surface area contributed by atoms with Crippen molar-refractivity contribution in [2.24, 2.45) is 0 Å². The molecule has 1 aromatic carbocycles. The van der Waals surface area contributed by atoms with Gasteiger partial charge < -0.3 is 9.30 Å². The zero-order chi connectivity index (χ0) is 20.6. The number of ether oxygens (including phenoxy) is 1. The van der Waals surface area contributed by atoms with Gasteiger partial charge >= 0.3 is 0 Å². The van der Waals surface area contributed by atoms with Crippen molar-refractivity contribution in [2.45, 2.75) is 49.7 Å². The normalized spacial score (nSPS) is 14.4. The molecule has 1 aliphatic carbocycles. The number of benzene rings is 1. The zero-order valence-electron chi connectivity index (χ0n) is 16.6. The Morgan fingerprint density at radius 1 is 1.24 bits per heavy atom. The summed E-state index contributed by atoms with van der Waals surface area (Å²) >= 11 is 1.28. The van der Waals surface area contributed by atoms with Crippen molar-refractivity contribution in [3.05, 3.63) is 48.3 Å². The third-order valence-corrected chi connectivity index (χ3v) is 5.93. The molecule has 0 aliphatic heterocycles. The lowest BCUT2D eigenvalue weighted by Gasteiger charge is -2.21. The molecule has 154 valence electrons. The van der Waals surface area contributed by atoms with Crippen LogP contribution in [0.1, 0.15) is 54.2 Å². The van der Waals surface area contributed by atoms with Crippen LogP contribution in [0.4, 0.5) is 0 Å². The highest BCUT2D eigenvalue weighted by Crippen LogP contribution is 2.33. The van der Waals surface area contributed by atoms with Crippen LogP contribution in [0, 0.1) is 0 Å². The van der Waals surface area contributed by atoms with E-state index in [1.807, 2.05) is 10.6 Å². The van der Waals surface area contributed by atoms with Crippen LogP contribution in [0.15, 0.2) is 42.1 Å². The summed E-state index contributed by atoms with van der Waals surface area (Å²) < 4.78 is 7.10. The van der Waals surface area contributed by atoms with Crippen molar-refractivity contribution >= 4 is 23.6 Å². The molecule has 1 saturated carbocycles. The summed E-state index contributed by atoms with van der Waals surface area (Å²) in [5.74, 6) is 1.32. The Morgan fingerprint density at radius 2 is 1.97 bits per heavy atom. The number of rotatable bonds is 8. The van der Waals surface area contributed by atoms with Crippen molar-refractivity contribution in [3.8, 4) is 5.75 Å². The zero-order valence-corrected chi connectivity index (χ0v) is 17.4. The first-order chi connectivity index (χ1) is 14.1. The maximum Gasteiger partial charge on any atom is 0.257 e. The standard InChI is InChI=1S/C21H26N4O3S/c1-3-13-25-19(15-7-5-4-6-8-15)23-24-21(25)29-14-18(26)22-20(27)16-9-11-17(28-2)12-10-16/h3,9-12,15H,1,4-8,13-14H2,2H3,(H,22,26,27). The Labute approximate surface area is 174 Å². The minimum absolute atomic E-state index is 0.0852. The van der Waals surface area contributed by atoms with Crippen LogP contribution in [0.5, 0.6) is 5.75 Å².